The van der Waals surface area contributed by atoms with Gasteiger partial charge in [0.1, 0.15) is 0 Å². The number of fused-ring (bicyclic) bond motifs is 1. The molecule has 2 aromatic carbocycles. The Kier molecular flexibility index (Phi) is 7.13. The molecule has 7 nitrogen and oxygen atoms in total. The van der Waals surface area contributed by atoms with Crippen molar-refractivity contribution in [3.8, 4) is 17.2 Å². The van der Waals surface area contributed by atoms with Gasteiger partial charge in [-0.2, -0.15) is 0 Å². The van der Waals surface area contributed by atoms with Gasteiger partial charge in [-0.25, -0.2) is 0 Å². The molecule has 0 radical (unpaired) electrons. The number of methoxy groups -OCH3 is 3. The summed E-state index contributed by atoms with van der Waals surface area (Å²) in [5.74, 6) is 2.63. The van der Waals surface area contributed by atoms with Crippen molar-refractivity contribution in [2.75, 3.05) is 41.0 Å². The summed E-state index contributed by atoms with van der Waals surface area (Å²) in [6.45, 7) is 2.86. The van der Waals surface area contributed by atoms with E-state index in [4.69, 9.17) is 14.2 Å². The fraction of sp³-hybridized carbons (Fsp3) is 0.552. The van der Waals surface area contributed by atoms with E-state index in [-0.39, 0.29) is 17.9 Å². The van der Waals surface area contributed by atoms with Gasteiger partial charge in [0.05, 0.1) is 21.3 Å². The summed E-state index contributed by atoms with van der Waals surface area (Å²) >= 11 is 0. The summed E-state index contributed by atoms with van der Waals surface area (Å²) in [5, 5.41) is 15.0. The van der Waals surface area contributed by atoms with E-state index in [0.29, 0.717) is 34.6 Å². The summed E-state index contributed by atoms with van der Waals surface area (Å²) in [7, 11) is 4.88. The number of carbonyl (C=O) groups is 1. The molecule has 3 fully saturated rings. The fourth-order valence-electron chi connectivity index (χ4n) is 6.43. The van der Waals surface area contributed by atoms with Crippen LogP contribution in [0.4, 0.5) is 0 Å². The zero-order valence-corrected chi connectivity index (χ0v) is 21.5. The van der Waals surface area contributed by atoms with Crippen molar-refractivity contribution in [3.05, 3.63) is 53.6 Å². The Balaban J connectivity index is 1.17. The average molecular weight is 495 g/mol. The van der Waals surface area contributed by atoms with Gasteiger partial charge in [-0.15, -0.1) is 0 Å². The Bertz CT molecular complexity index is 1030. The summed E-state index contributed by atoms with van der Waals surface area (Å²) in [6.07, 6.45) is 4.81. The Morgan fingerprint density at radius 1 is 1.00 bits per heavy atom. The topological polar surface area (TPSA) is 80.3 Å². The van der Waals surface area contributed by atoms with Crippen molar-refractivity contribution in [1.29, 1.82) is 0 Å². The van der Waals surface area contributed by atoms with E-state index in [1.807, 2.05) is 42.5 Å². The molecule has 1 saturated heterocycles. The highest BCUT2D eigenvalue weighted by molar-refractivity contribution is 5.87. The van der Waals surface area contributed by atoms with E-state index < -0.39 is 5.60 Å². The van der Waals surface area contributed by atoms with Crippen molar-refractivity contribution in [3.63, 3.8) is 0 Å². The number of hydrogen-bond acceptors (Lipinski definition) is 6. The Morgan fingerprint density at radius 3 is 2.17 bits per heavy atom. The van der Waals surface area contributed by atoms with Crippen LogP contribution in [-0.4, -0.2) is 62.9 Å². The molecule has 3 aliphatic rings. The van der Waals surface area contributed by atoms with Crippen LogP contribution in [0, 0.1) is 17.8 Å². The quantitative estimate of drug-likeness (QED) is 0.527. The molecule has 7 heteroatoms. The predicted octanol–water partition coefficient (Wildman–Crippen LogP) is 3.38. The first-order valence-corrected chi connectivity index (χ1v) is 13.1. The minimum Gasteiger partial charge on any atom is -0.493 e. The lowest BCUT2D eigenvalue weighted by atomic mass is 9.79. The molecule has 1 heterocycles. The molecule has 2 N–H and O–H groups in total. The van der Waals surface area contributed by atoms with Crippen LogP contribution in [0.1, 0.15) is 36.8 Å². The molecule has 5 rings (SSSR count). The van der Waals surface area contributed by atoms with Crippen molar-refractivity contribution in [1.82, 2.24) is 10.2 Å². The van der Waals surface area contributed by atoms with Gasteiger partial charge in [0.2, 0.25) is 5.75 Å². The van der Waals surface area contributed by atoms with Gasteiger partial charge in [0, 0.05) is 31.6 Å². The summed E-state index contributed by atoms with van der Waals surface area (Å²) in [4.78, 5) is 16.0. The zero-order valence-electron chi connectivity index (χ0n) is 21.5. The maximum Gasteiger partial charge on any atom is 0.257 e. The first kappa shape index (κ1) is 24.9. The number of rotatable bonds is 10. The predicted molar refractivity (Wildman–Crippen MR) is 137 cm³/mol. The van der Waals surface area contributed by atoms with E-state index in [1.54, 1.807) is 21.3 Å². The number of likely N-dealkylation sites (tertiary alicyclic amines) is 1. The molecule has 2 aliphatic carbocycles. The molecule has 194 valence electrons. The number of hydrogen-bond donors (Lipinski definition) is 2. The molecule has 4 atom stereocenters. The van der Waals surface area contributed by atoms with Crippen molar-refractivity contribution < 1.29 is 24.1 Å². The number of amides is 1. The van der Waals surface area contributed by atoms with Gasteiger partial charge in [0.25, 0.3) is 5.91 Å². The highest BCUT2D eigenvalue weighted by Crippen LogP contribution is 2.47. The van der Waals surface area contributed by atoms with Crippen LogP contribution in [-0.2, 0) is 16.8 Å². The first-order chi connectivity index (χ1) is 17.5. The van der Waals surface area contributed by atoms with Crippen LogP contribution in [0.3, 0.4) is 0 Å². The van der Waals surface area contributed by atoms with Crippen LogP contribution >= 0.6 is 0 Å². The van der Waals surface area contributed by atoms with Crippen LogP contribution in [0.2, 0.25) is 0 Å². The number of carbonyl (C=O) groups excluding carboxylic acids is 1. The fourth-order valence-corrected chi connectivity index (χ4v) is 6.43. The highest BCUT2D eigenvalue weighted by atomic mass is 16.5. The number of nitrogens with zero attached hydrogens (tertiary/aromatic N) is 1. The molecule has 2 saturated carbocycles. The van der Waals surface area contributed by atoms with Crippen molar-refractivity contribution in [2.45, 2.75) is 43.7 Å². The second-order valence-corrected chi connectivity index (χ2v) is 10.5. The third-order valence-electron chi connectivity index (χ3n) is 8.51. The van der Waals surface area contributed by atoms with E-state index in [1.165, 1.54) is 0 Å². The molecule has 1 amide bonds. The molecule has 1 aliphatic heterocycles. The molecule has 0 spiro atoms. The van der Waals surface area contributed by atoms with Crippen molar-refractivity contribution >= 4 is 5.91 Å². The lowest BCUT2D eigenvalue weighted by Crippen LogP contribution is -2.51. The van der Waals surface area contributed by atoms with Crippen LogP contribution in [0.15, 0.2) is 42.5 Å². The van der Waals surface area contributed by atoms with E-state index in [0.717, 1.165) is 57.3 Å². The average Bonchev–Trinajstić information content (AvgIpc) is 3.32. The Hall–Kier alpha value is -2.77. The summed E-state index contributed by atoms with van der Waals surface area (Å²) < 4.78 is 16.4. The molecule has 2 aromatic rings. The standard InChI is InChI=1S/C29H38N2O5/c1-34-24-15-19(16-25(35-2)27(24)36-3)13-14-31-17-22-23(18-31)26(22)30-28(32)29(33,21-11-7-8-12-21)20-9-5-4-6-10-20/h4-6,9-10,15-16,21-23,26,33H,7-8,11-14,17-18H2,1-3H3,(H,30,32)/t22-,23?,26+,29?/m0/s1. The second-order valence-electron chi connectivity index (χ2n) is 10.5. The van der Waals surface area contributed by atoms with Crippen molar-refractivity contribution in [2.24, 2.45) is 17.8 Å². The first-order valence-electron chi connectivity index (χ1n) is 13.1. The molecular formula is C29H38N2O5. The van der Waals surface area contributed by atoms with Gasteiger partial charge in [-0.1, -0.05) is 43.2 Å². The third-order valence-corrected chi connectivity index (χ3v) is 8.51. The molecule has 0 bridgehead atoms. The molecule has 2 unspecified atom stereocenters. The number of nitrogens with one attached hydrogen (secondary N) is 1. The van der Waals surface area contributed by atoms with Gasteiger partial charge in [0.15, 0.2) is 17.1 Å². The lowest BCUT2D eigenvalue weighted by molar-refractivity contribution is -0.147. The van der Waals surface area contributed by atoms with Crippen LogP contribution in [0.5, 0.6) is 17.2 Å². The molecule has 0 aromatic heterocycles. The highest BCUT2D eigenvalue weighted by Gasteiger charge is 2.58. The zero-order chi connectivity index (χ0) is 25.3. The Morgan fingerprint density at radius 2 is 1.61 bits per heavy atom. The smallest absolute Gasteiger partial charge is 0.257 e. The maximum atomic E-state index is 13.5. The van der Waals surface area contributed by atoms with Gasteiger partial charge >= 0.3 is 0 Å². The van der Waals surface area contributed by atoms with Crippen LogP contribution < -0.4 is 19.5 Å². The normalized spacial score (nSPS) is 25.2. The Labute approximate surface area is 213 Å². The largest absolute Gasteiger partial charge is 0.493 e. The van der Waals surface area contributed by atoms with Crippen LogP contribution in [0.25, 0.3) is 0 Å². The third kappa shape index (κ3) is 4.55. The minimum atomic E-state index is -1.44. The van der Waals surface area contributed by atoms with E-state index in [2.05, 4.69) is 10.2 Å². The second kappa shape index (κ2) is 10.3. The monoisotopic (exact) mass is 494 g/mol. The summed E-state index contributed by atoms with van der Waals surface area (Å²) in [5.41, 5.74) is 0.410. The van der Waals surface area contributed by atoms with E-state index in [9.17, 15) is 9.90 Å². The van der Waals surface area contributed by atoms with Gasteiger partial charge in [-0.3, -0.25) is 4.79 Å². The SMILES string of the molecule is COc1cc(CCN2CC3[C@H](C2)[C@H]3NC(=O)C(O)(c2ccccc2)C2CCCC2)cc(OC)c1OC. The molecular weight excluding hydrogens is 456 g/mol. The van der Waals surface area contributed by atoms with Gasteiger partial charge in [-0.05, 0) is 54.4 Å². The van der Waals surface area contributed by atoms with E-state index >= 15 is 0 Å². The lowest BCUT2D eigenvalue weighted by Gasteiger charge is -2.33. The number of ether oxygens (including phenoxy) is 3. The number of benzene rings is 2. The maximum absolute atomic E-state index is 13.5. The summed E-state index contributed by atoms with van der Waals surface area (Å²) in [6, 6.07) is 13.7. The number of aliphatic hydroxyl groups is 1. The minimum absolute atomic E-state index is 0.0199. The number of piperidine rings is 1. The molecule has 36 heavy (non-hydrogen) atoms. The van der Waals surface area contributed by atoms with Gasteiger partial charge < -0.3 is 29.5 Å².